The molecule has 0 aliphatic carbocycles. The fourth-order valence-corrected chi connectivity index (χ4v) is 2.45. The largest absolute Gasteiger partial charge is 0.497 e. The van der Waals surface area contributed by atoms with Crippen LogP contribution in [0.25, 0.3) is 10.8 Å². The number of rotatable bonds is 6. The summed E-state index contributed by atoms with van der Waals surface area (Å²) in [5.41, 5.74) is 0.567. The van der Waals surface area contributed by atoms with Gasteiger partial charge in [-0.05, 0) is 41.1 Å². The van der Waals surface area contributed by atoms with E-state index in [9.17, 15) is 4.79 Å². The van der Waals surface area contributed by atoms with Crippen LogP contribution in [0, 0.1) is 0 Å². The Kier molecular flexibility index (Phi) is 4.96. The van der Waals surface area contributed by atoms with Crippen LogP contribution in [0.2, 0.25) is 0 Å². The second-order valence-corrected chi connectivity index (χ2v) is 5.19. The van der Waals surface area contributed by atoms with Crippen molar-refractivity contribution >= 4 is 16.7 Å². The van der Waals surface area contributed by atoms with Gasteiger partial charge in [0.05, 0.1) is 12.7 Å². The summed E-state index contributed by atoms with van der Waals surface area (Å²) < 4.78 is 15.9. The zero-order chi connectivity index (χ0) is 16.8. The van der Waals surface area contributed by atoms with Crippen LogP contribution in [-0.2, 0) is 4.74 Å². The van der Waals surface area contributed by atoms with Crippen LogP contribution >= 0.6 is 0 Å². The monoisotopic (exact) mass is 322 g/mol. The van der Waals surface area contributed by atoms with E-state index >= 15 is 0 Å². The minimum Gasteiger partial charge on any atom is -0.497 e. The molecule has 0 bridgehead atoms. The quantitative estimate of drug-likeness (QED) is 0.506. The number of carbonyl (C=O) groups excluding carboxylic acids is 1. The SMILES string of the molecule is COc1ccc(OCCOC(=O)c2cccc3ccccc23)cc1. The Morgan fingerprint density at radius 2 is 1.54 bits per heavy atom. The third kappa shape index (κ3) is 3.66. The van der Waals surface area contributed by atoms with Crippen molar-refractivity contribution < 1.29 is 19.0 Å². The molecule has 0 saturated heterocycles. The molecule has 0 atom stereocenters. The van der Waals surface area contributed by atoms with Gasteiger partial charge in [-0.25, -0.2) is 4.79 Å². The van der Waals surface area contributed by atoms with E-state index < -0.39 is 0 Å². The number of esters is 1. The lowest BCUT2D eigenvalue weighted by Gasteiger charge is -2.09. The van der Waals surface area contributed by atoms with Crippen molar-refractivity contribution in [3.05, 3.63) is 72.3 Å². The number of methoxy groups -OCH3 is 1. The Labute approximate surface area is 140 Å². The van der Waals surface area contributed by atoms with E-state index in [1.54, 1.807) is 13.2 Å². The number of fused-ring (bicyclic) bond motifs is 1. The van der Waals surface area contributed by atoms with Gasteiger partial charge < -0.3 is 14.2 Å². The van der Waals surface area contributed by atoms with Crippen molar-refractivity contribution in [3.63, 3.8) is 0 Å². The minimum atomic E-state index is -0.342. The second kappa shape index (κ2) is 7.51. The predicted molar refractivity (Wildman–Crippen MR) is 92.7 cm³/mol. The van der Waals surface area contributed by atoms with Crippen LogP contribution in [0.4, 0.5) is 0 Å². The highest BCUT2D eigenvalue weighted by molar-refractivity contribution is 6.04. The molecule has 0 unspecified atom stereocenters. The van der Waals surface area contributed by atoms with Gasteiger partial charge in [-0.3, -0.25) is 0 Å². The van der Waals surface area contributed by atoms with Crippen LogP contribution in [0.5, 0.6) is 11.5 Å². The maximum absolute atomic E-state index is 12.3. The van der Waals surface area contributed by atoms with Gasteiger partial charge in [-0.15, -0.1) is 0 Å². The van der Waals surface area contributed by atoms with Crippen LogP contribution in [0.3, 0.4) is 0 Å². The van der Waals surface area contributed by atoms with Crippen molar-refractivity contribution in [1.82, 2.24) is 0 Å². The smallest absolute Gasteiger partial charge is 0.338 e. The molecule has 0 heterocycles. The summed E-state index contributed by atoms with van der Waals surface area (Å²) in [5, 5.41) is 1.91. The third-order valence-corrected chi connectivity index (χ3v) is 3.65. The highest BCUT2D eigenvalue weighted by Crippen LogP contribution is 2.19. The van der Waals surface area contributed by atoms with Crippen molar-refractivity contribution in [1.29, 1.82) is 0 Å². The van der Waals surface area contributed by atoms with Gasteiger partial charge in [-0.2, -0.15) is 0 Å². The number of carbonyl (C=O) groups is 1. The molecule has 0 amide bonds. The summed E-state index contributed by atoms with van der Waals surface area (Å²) in [7, 11) is 1.61. The summed E-state index contributed by atoms with van der Waals surface area (Å²) in [4.78, 5) is 12.3. The number of hydrogen-bond donors (Lipinski definition) is 0. The highest BCUT2D eigenvalue weighted by Gasteiger charge is 2.10. The first-order valence-electron chi connectivity index (χ1n) is 7.69. The molecule has 0 aliphatic rings. The van der Waals surface area contributed by atoms with Gasteiger partial charge in [0.2, 0.25) is 0 Å². The topological polar surface area (TPSA) is 44.8 Å². The van der Waals surface area contributed by atoms with Gasteiger partial charge in [-0.1, -0.05) is 36.4 Å². The van der Waals surface area contributed by atoms with E-state index in [2.05, 4.69) is 0 Å². The molecule has 4 heteroatoms. The Bertz CT molecular complexity index is 819. The molecule has 0 spiro atoms. The maximum atomic E-state index is 12.3. The van der Waals surface area contributed by atoms with E-state index in [4.69, 9.17) is 14.2 Å². The first kappa shape index (κ1) is 15.9. The Morgan fingerprint density at radius 3 is 2.33 bits per heavy atom. The molecule has 122 valence electrons. The lowest BCUT2D eigenvalue weighted by atomic mass is 10.1. The van der Waals surface area contributed by atoms with Crippen LogP contribution in [0.15, 0.2) is 66.7 Å². The predicted octanol–water partition coefficient (Wildman–Crippen LogP) is 4.08. The molecule has 0 aromatic heterocycles. The number of hydrogen-bond acceptors (Lipinski definition) is 4. The van der Waals surface area contributed by atoms with E-state index in [1.807, 2.05) is 60.7 Å². The van der Waals surface area contributed by atoms with Gasteiger partial charge in [0.25, 0.3) is 0 Å². The van der Waals surface area contributed by atoms with Crippen LogP contribution < -0.4 is 9.47 Å². The molecule has 3 aromatic carbocycles. The van der Waals surface area contributed by atoms with E-state index in [0.717, 1.165) is 16.5 Å². The summed E-state index contributed by atoms with van der Waals surface area (Å²) in [6.45, 7) is 0.483. The standard InChI is InChI=1S/C20H18O4/c1-22-16-9-11-17(12-10-16)23-13-14-24-20(21)19-8-4-6-15-5-2-3-7-18(15)19/h2-12H,13-14H2,1H3. The molecule has 24 heavy (non-hydrogen) atoms. The number of benzene rings is 3. The van der Waals surface area contributed by atoms with Gasteiger partial charge in [0.1, 0.15) is 24.7 Å². The van der Waals surface area contributed by atoms with Gasteiger partial charge >= 0.3 is 5.97 Å². The normalized spacial score (nSPS) is 10.4. The van der Waals surface area contributed by atoms with E-state index in [-0.39, 0.29) is 12.6 Å². The molecule has 0 radical (unpaired) electrons. The van der Waals surface area contributed by atoms with Crippen LogP contribution in [-0.4, -0.2) is 26.3 Å². The second-order valence-electron chi connectivity index (χ2n) is 5.19. The maximum Gasteiger partial charge on any atom is 0.338 e. The summed E-state index contributed by atoms with van der Waals surface area (Å²) in [6.07, 6.45) is 0. The Balaban J connectivity index is 1.55. The average Bonchev–Trinajstić information content (AvgIpc) is 2.65. The van der Waals surface area contributed by atoms with E-state index in [1.165, 1.54) is 0 Å². The lowest BCUT2D eigenvalue weighted by Crippen LogP contribution is -2.12. The molecule has 3 aromatic rings. The van der Waals surface area contributed by atoms with Crippen molar-refractivity contribution in [2.45, 2.75) is 0 Å². The molecule has 0 saturated carbocycles. The Morgan fingerprint density at radius 1 is 0.833 bits per heavy atom. The fraction of sp³-hybridized carbons (Fsp3) is 0.150. The zero-order valence-electron chi connectivity index (χ0n) is 13.4. The van der Waals surface area contributed by atoms with Crippen molar-refractivity contribution in [3.8, 4) is 11.5 Å². The average molecular weight is 322 g/mol. The van der Waals surface area contributed by atoms with E-state index in [0.29, 0.717) is 17.9 Å². The van der Waals surface area contributed by atoms with Gasteiger partial charge in [0.15, 0.2) is 0 Å². The lowest BCUT2D eigenvalue weighted by molar-refractivity contribution is 0.0452. The first-order chi connectivity index (χ1) is 11.8. The Hall–Kier alpha value is -3.01. The molecule has 3 rings (SSSR count). The molecule has 4 nitrogen and oxygen atoms in total. The van der Waals surface area contributed by atoms with Gasteiger partial charge in [0, 0.05) is 0 Å². The summed E-state index contributed by atoms with van der Waals surface area (Å²) in [6, 6.07) is 20.6. The minimum absolute atomic E-state index is 0.189. The first-order valence-corrected chi connectivity index (χ1v) is 7.69. The van der Waals surface area contributed by atoms with Crippen LogP contribution in [0.1, 0.15) is 10.4 Å². The highest BCUT2D eigenvalue weighted by atomic mass is 16.6. The molecule has 0 fully saturated rings. The van der Waals surface area contributed by atoms with Crippen molar-refractivity contribution in [2.75, 3.05) is 20.3 Å². The fourth-order valence-electron chi connectivity index (χ4n) is 2.45. The molecule has 0 aliphatic heterocycles. The number of ether oxygens (including phenoxy) is 3. The molecular formula is C20H18O4. The molecule has 0 N–H and O–H groups in total. The zero-order valence-corrected chi connectivity index (χ0v) is 13.4. The summed E-state index contributed by atoms with van der Waals surface area (Å²) in [5.74, 6) is 1.13. The third-order valence-electron chi connectivity index (χ3n) is 3.65. The molecular weight excluding hydrogens is 304 g/mol. The summed E-state index contributed by atoms with van der Waals surface area (Å²) >= 11 is 0. The van der Waals surface area contributed by atoms with Crippen molar-refractivity contribution in [2.24, 2.45) is 0 Å².